The first kappa shape index (κ1) is 14.3. The Balaban J connectivity index is 1.54. The monoisotopic (exact) mass is 305 g/mol. The van der Waals surface area contributed by atoms with Crippen LogP contribution in [0.1, 0.15) is 17.4 Å². The summed E-state index contributed by atoms with van der Waals surface area (Å²) < 4.78 is 5.90. The summed E-state index contributed by atoms with van der Waals surface area (Å²) in [5, 5.41) is 1.23. The molecule has 0 radical (unpaired) electrons. The van der Waals surface area contributed by atoms with Crippen LogP contribution in [0.4, 0.5) is 0 Å². The second-order valence-electron chi connectivity index (χ2n) is 5.84. The molecule has 3 heterocycles. The molecule has 0 amide bonds. The third-order valence-electron chi connectivity index (χ3n) is 4.30. The van der Waals surface area contributed by atoms with E-state index in [0.717, 1.165) is 37.5 Å². The van der Waals surface area contributed by atoms with Crippen LogP contribution in [-0.4, -0.2) is 34.6 Å². The molecule has 1 saturated heterocycles. The summed E-state index contributed by atoms with van der Waals surface area (Å²) in [7, 11) is 0. The molecule has 0 bridgehead atoms. The predicted molar refractivity (Wildman–Crippen MR) is 90.0 cm³/mol. The minimum Gasteiger partial charge on any atom is -0.369 e. The molecule has 0 aliphatic carbocycles. The molecule has 0 saturated carbocycles. The topological polar surface area (TPSA) is 38.2 Å². The van der Waals surface area contributed by atoms with E-state index in [1.165, 1.54) is 10.9 Å². The smallest absolute Gasteiger partial charge is 0.112 e. The van der Waals surface area contributed by atoms with Gasteiger partial charge in [0.05, 0.1) is 17.8 Å². The van der Waals surface area contributed by atoms with E-state index < -0.39 is 0 Å². The number of aromatic nitrogens is 2. The molecule has 4 nitrogen and oxygen atoms in total. The van der Waals surface area contributed by atoms with Crippen LogP contribution >= 0.6 is 0 Å². The molecule has 2 aromatic heterocycles. The number of benzene rings is 1. The van der Waals surface area contributed by atoms with Crippen LogP contribution in [0.15, 0.2) is 60.9 Å². The Morgan fingerprint density at radius 3 is 2.83 bits per heavy atom. The summed E-state index contributed by atoms with van der Waals surface area (Å²) in [5.74, 6) is 0. The molecule has 1 aliphatic heterocycles. The van der Waals surface area contributed by atoms with E-state index in [1.807, 2.05) is 36.7 Å². The fourth-order valence-electron chi connectivity index (χ4n) is 3.13. The van der Waals surface area contributed by atoms with Gasteiger partial charge in [-0.3, -0.25) is 14.9 Å². The number of hydrogen-bond acceptors (Lipinski definition) is 4. The van der Waals surface area contributed by atoms with Crippen molar-refractivity contribution in [2.45, 2.75) is 12.6 Å². The van der Waals surface area contributed by atoms with Gasteiger partial charge in [-0.1, -0.05) is 24.3 Å². The molecule has 4 heteroatoms. The van der Waals surface area contributed by atoms with Gasteiger partial charge in [0.2, 0.25) is 0 Å². The lowest BCUT2D eigenvalue weighted by molar-refractivity contribution is -0.0348. The highest BCUT2D eigenvalue weighted by Gasteiger charge is 2.23. The molecular weight excluding hydrogens is 286 g/mol. The van der Waals surface area contributed by atoms with E-state index in [4.69, 9.17) is 4.74 Å². The van der Waals surface area contributed by atoms with Gasteiger partial charge in [-0.15, -0.1) is 0 Å². The first-order valence-electron chi connectivity index (χ1n) is 7.98. The Morgan fingerprint density at radius 2 is 1.91 bits per heavy atom. The quantitative estimate of drug-likeness (QED) is 0.745. The number of ether oxygens (including phenoxy) is 1. The second-order valence-corrected chi connectivity index (χ2v) is 5.84. The minimum absolute atomic E-state index is 0.0538. The van der Waals surface area contributed by atoms with Crippen LogP contribution in [-0.2, 0) is 11.3 Å². The zero-order valence-corrected chi connectivity index (χ0v) is 12.9. The Morgan fingerprint density at radius 1 is 1.00 bits per heavy atom. The van der Waals surface area contributed by atoms with Gasteiger partial charge >= 0.3 is 0 Å². The fraction of sp³-hybridized carbons (Fsp3) is 0.263. The van der Waals surface area contributed by atoms with Gasteiger partial charge in [0.1, 0.15) is 6.10 Å². The summed E-state index contributed by atoms with van der Waals surface area (Å²) in [5.41, 5.74) is 3.38. The van der Waals surface area contributed by atoms with Crippen molar-refractivity contribution in [3.05, 3.63) is 72.2 Å². The SMILES string of the molecule is c1ccc(C2CN(Cc3ccnc4ccccc34)CCO2)nc1. The zero-order chi connectivity index (χ0) is 15.5. The van der Waals surface area contributed by atoms with Crippen molar-refractivity contribution >= 4 is 10.9 Å². The van der Waals surface area contributed by atoms with E-state index >= 15 is 0 Å². The van der Waals surface area contributed by atoms with Crippen molar-refractivity contribution in [3.63, 3.8) is 0 Å². The van der Waals surface area contributed by atoms with Crippen LogP contribution in [0.2, 0.25) is 0 Å². The van der Waals surface area contributed by atoms with Gasteiger partial charge in [-0.05, 0) is 29.8 Å². The molecule has 116 valence electrons. The number of morpholine rings is 1. The van der Waals surface area contributed by atoms with Gasteiger partial charge in [0, 0.05) is 37.4 Å². The van der Waals surface area contributed by atoms with E-state index in [2.05, 4.69) is 39.1 Å². The lowest BCUT2D eigenvalue weighted by atomic mass is 10.1. The number of para-hydroxylation sites is 1. The highest BCUT2D eigenvalue weighted by atomic mass is 16.5. The zero-order valence-electron chi connectivity index (χ0n) is 12.9. The number of pyridine rings is 2. The first-order valence-corrected chi connectivity index (χ1v) is 7.98. The minimum atomic E-state index is 0.0538. The van der Waals surface area contributed by atoms with E-state index in [-0.39, 0.29) is 6.10 Å². The number of fused-ring (bicyclic) bond motifs is 1. The molecule has 1 aromatic carbocycles. The largest absolute Gasteiger partial charge is 0.369 e. The molecule has 1 atom stereocenters. The second kappa shape index (κ2) is 6.44. The predicted octanol–water partition coefficient (Wildman–Crippen LogP) is 3.20. The van der Waals surface area contributed by atoms with Gasteiger partial charge < -0.3 is 4.74 Å². The normalized spacial score (nSPS) is 19.0. The summed E-state index contributed by atoms with van der Waals surface area (Å²) >= 11 is 0. The number of rotatable bonds is 3. The third-order valence-corrected chi connectivity index (χ3v) is 4.30. The Bertz CT molecular complexity index is 785. The van der Waals surface area contributed by atoms with E-state index in [1.54, 1.807) is 0 Å². The van der Waals surface area contributed by atoms with Crippen LogP contribution in [0, 0.1) is 0 Å². The van der Waals surface area contributed by atoms with Gasteiger partial charge in [-0.25, -0.2) is 0 Å². The molecular formula is C19H19N3O. The van der Waals surface area contributed by atoms with Crippen LogP contribution < -0.4 is 0 Å². The van der Waals surface area contributed by atoms with Crippen molar-refractivity contribution in [3.8, 4) is 0 Å². The van der Waals surface area contributed by atoms with Gasteiger partial charge in [0.25, 0.3) is 0 Å². The number of nitrogens with zero attached hydrogens (tertiary/aromatic N) is 3. The third kappa shape index (κ3) is 3.09. The van der Waals surface area contributed by atoms with E-state index in [0.29, 0.717) is 0 Å². The highest BCUT2D eigenvalue weighted by Crippen LogP contribution is 2.23. The molecule has 4 rings (SSSR count). The van der Waals surface area contributed by atoms with Crippen molar-refractivity contribution in [2.75, 3.05) is 19.7 Å². The molecule has 23 heavy (non-hydrogen) atoms. The summed E-state index contributed by atoms with van der Waals surface area (Å²) in [6, 6.07) is 16.4. The lowest BCUT2D eigenvalue weighted by Gasteiger charge is -2.32. The number of hydrogen-bond donors (Lipinski definition) is 0. The fourth-order valence-corrected chi connectivity index (χ4v) is 3.13. The molecule has 0 N–H and O–H groups in total. The maximum atomic E-state index is 5.90. The molecule has 1 aliphatic rings. The standard InChI is InChI=1S/C19H19N3O/c1-2-6-17-16(5-1)15(8-10-21-17)13-22-11-12-23-19(14-22)18-7-3-4-9-20-18/h1-10,19H,11-14H2. The average molecular weight is 305 g/mol. The average Bonchev–Trinajstić information content (AvgIpc) is 2.63. The summed E-state index contributed by atoms with van der Waals surface area (Å²) in [6.07, 6.45) is 3.78. The summed E-state index contributed by atoms with van der Waals surface area (Å²) in [6.45, 7) is 3.47. The Hall–Kier alpha value is -2.30. The Labute approximate surface area is 135 Å². The van der Waals surface area contributed by atoms with Crippen molar-refractivity contribution < 1.29 is 4.74 Å². The van der Waals surface area contributed by atoms with Gasteiger partial charge in [0.15, 0.2) is 0 Å². The maximum Gasteiger partial charge on any atom is 0.112 e. The molecule has 1 fully saturated rings. The summed E-state index contributed by atoms with van der Waals surface area (Å²) in [4.78, 5) is 11.3. The molecule has 1 unspecified atom stereocenters. The molecule has 3 aromatic rings. The van der Waals surface area contributed by atoms with Crippen molar-refractivity contribution in [1.29, 1.82) is 0 Å². The van der Waals surface area contributed by atoms with Crippen molar-refractivity contribution in [2.24, 2.45) is 0 Å². The lowest BCUT2D eigenvalue weighted by Crippen LogP contribution is -2.38. The maximum absolute atomic E-state index is 5.90. The first-order chi connectivity index (χ1) is 11.4. The highest BCUT2D eigenvalue weighted by molar-refractivity contribution is 5.81. The van der Waals surface area contributed by atoms with Gasteiger partial charge in [-0.2, -0.15) is 0 Å². The van der Waals surface area contributed by atoms with E-state index in [9.17, 15) is 0 Å². The van der Waals surface area contributed by atoms with Crippen LogP contribution in [0.3, 0.4) is 0 Å². The van der Waals surface area contributed by atoms with Crippen LogP contribution in [0.25, 0.3) is 10.9 Å². The van der Waals surface area contributed by atoms with Crippen LogP contribution in [0.5, 0.6) is 0 Å². The Kier molecular flexibility index (Phi) is 4.01. The van der Waals surface area contributed by atoms with Crippen molar-refractivity contribution in [1.82, 2.24) is 14.9 Å². The molecule has 0 spiro atoms.